The molecule has 0 atom stereocenters. The van der Waals surface area contributed by atoms with E-state index in [0.717, 1.165) is 50.3 Å². The summed E-state index contributed by atoms with van der Waals surface area (Å²) in [5, 5.41) is 0. The number of carbonyl (C=O) groups excluding carboxylic acids is 2. The highest BCUT2D eigenvalue weighted by Crippen LogP contribution is 2.15. The Morgan fingerprint density at radius 3 is 2.24 bits per heavy atom. The fourth-order valence-electron chi connectivity index (χ4n) is 3.94. The van der Waals surface area contributed by atoms with Crippen LogP contribution in [-0.2, 0) is 4.79 Å². The van der Waals surface area contributed by atoms with Gasteiger partial charge in [-0.1, -0.05) is 43.4 Å². The third-order valence-corrected chi connectivity index (χ3v) is 6.05. The first kappa shape index (κ1) is 24.5. The van der Waals surface area contributed by atoms with Gasteiger partial charge in [0.05, 0.1) is 6.54 Å². The van der Waals surface area contributed by atoms with Crippen molar-refractivity contribution in [2.75, 3.05) is 37.6 Å². The summed E-state index contributed by atoms with van der Waals surface area (Å²) in [6.45, 7) is 10.2. The molecule has 1 fully saturated rings. The van der Waals surface area contributed by atoms with Gasteiger partial charge in [-0.25, -0.2) is 0 Å². The zero-order valence-electron chi connectivity index (χ0n) is 20.1. The molecule has 174 valence electrons. The third-order valence-electron chi connectivity index (χ3n) is 6.05. The van der Waals surface area contributed by atoms with E-state index in [0.29, 0.717) is 24.6 Å². The molecule has 0 unspecified atom stereocenters. The van der Waals surface area contributed by atoms with E-state index < -0.39 is 0 Å². The number of para-hydroxylation sites is 1. The minimum atomic E-state index is 0.0784. The number of amides is 2. The standard InChI is InChI=1S/C28H35N3O2/c1-4-5-13-27(32)31(26-11-7-6-8-12-26)18-9-10-24-14-16-25(17-15-24)28(33)30-21-19-29(20-22-30)23(2)3/h6-8,11-12,14-17,23H,4-5,13,18-22H2,1-3H3. The molecule has 1 aliphatic rings. The van der Waals surface area contributed by atoms with E-state index in [-0.39, 0.29) is 11.8 Å². The molecule has 2 aromatic carbocycles. The normalized spacial score (nSPS) is 14.0. The van der Waals surface area contributed by atoms with Gasteiger partial charge in [0.1, 0.15) is 0 Å². The predicted octanol–water partition coefficient (Wildman–Crippen LogP) is 4.43. The number of anilines is 1. The highest BCUT2D eigenvalue weighted by molar-refractivity contribution is 5.94. The quantitative estimate of drug-likeness (QED) is 0.593. The summed E-state index contributed by atoms with van der Waals surface area (Å²) in [5.74, 6) is 6.46. The van der Waals surface area contributed by atoms with Crippen LogP contribution in [0.15, 0.2) is 54.6 Å². The Morgan fingerprint density at radius 2 is 1.64 bits per heavy atom. The van der Waals surface area contributed by atoms with Crippen LogP contribution < -0.4 is 4.90 Å². The second-order valence-corrected chi connectivity index (χ2v) is 8.72. The summed E-state index contributed by atoms with van der Waals surface area (Å²) in [6.07, 6.45) is 2.38. The summed E-state index contributed by atoms with van der Waals surface area (Å²) in [4.78, 5) is 31.6. The summed E-state index contributed by atoms with van der Waals surface area (Å²) in [6, 6.07) is 17.7. The maximum absolute atomic E-state index is 12.8. The SMILES string of the molecule is CCCCC(=O)N(CC#Cc1ccc(C(=O)N2CCN(C(C)C)CC2)cc1)c1ccccc1. The van der Waals surface area contributed by atoms with Gasteiger partial charge in [0.15, 0.2) is 0 Å². The molecule has 0 radical (unpaired) electrons. The number of nitrogens with zero attached hydrogens (tertiary/aromatic N) is 3. The number of carbonyl (C=O) groups is 2. The molecule has 0 aromatic heterocycles. The van der Waals surface area contributed by atoms with Crippen molar-refractivity contribution in [3.8, 4) is 11.8 Å². The Balaban J connectivity index is 1.62. The van der Waals surface area contributed by atoms with Crippen LogP contribution in [0.25, 0.3) is 0 Å². The summed E-state index contributed by atoms with van der Waals surface area (Å²) in [7, 11) is 0. The van der Waals surface area contributed by atoms with Crippen molar-refractivity contribution in [2.24, 2.45) is 0 Å². The van der Waals surface area contributed by atoms with Crippen molar-refractivity contribution < 1.29 is 9.59 Å². The van der Waals surface area contributed by atoms with E-state index in [1.807, 2.05) is 59.5 Å². The number of unbranched alkanes of at least 4 members (excludes halogenated alkanes) is 1. The highest BCUT2D eigenvalue weighted by atomic mass is 16.2. The number of rotatable bonds is 7. The van der Waals surface area contributed by atoms with Crippen LogP contribution in [-0.4, -0.2) is 60.4 Å². The maximum Gasteiger partial charge on any atom is 0.253 e. The van der Waals surface area contributed by atoms with Crippen molar-refractivity contribution >= 4 is 17.5 Å². The molecule has 2 aromatic rings. The van der Waals surface area contributed by atoms with Gasteiger partial charge in [-0.15, -0.1) is 0 Å². The molecule has 1 aliphatic heterocycles. The molecule has 2 amide bonds. The lowest BCUT2D eigenvalue weighted by atomic mass is 10.1. The van der Waals surface area contributed by atoms with Crippen LogP contribution in [0.3, 0.4) is 0 Å². The van der Waals surface area contributed by atoms with Gasteiger partial charge in [-0.3, -0.25) is 14.5 Å². The van der Waals surface area contributed by atoms with Gasteiger partial charge in [0, 0.05) is 55.5 Å². The van der Waals surface area contributed by atoms with Gasteiger partial charge >= 0.3 is 0 Å². The van der Waals surface area contributed by atoms with Crippen LogP contribution in [0.2, 0.25) is 0 Å². The van der Waals surface area contributed by atoms with E-state index >= 15 is 0 Å². The second-order valence-electron chi connectivity index (χ2n) is 8.72. The molecule has 1 saturated heterocycles. The van der Waals surface area contributed by atoms with Crippen molar-refractivity contribution in [1.29, 1.82) is 0 Å². The summed E-state index contributed by atoms with van der Waals surface area (Å²) >= 11 is 0. The third kappa shape index (κ3) is 6.94. The van der Waals surface area contributed by atoms with E-state index in [4.69, 9.17) is 0 Å². The molecule has 33 heavy (non-hydrogen) atoms. The molecule has 0 bridgehead atoms. The van der Waals surface area contributed by atoms with Crippen LogP contribution in [0.4, 0.5) is 5.69 Å². The average Bonchev–Trinajstić information content (AvgIpc) is 2.85. The Bertz CT molecular complexity index is 966. The van der Waals surface area contributed by atoms with E-state index in [9.17, 15) is 9.59 Å². The molecule has 0 saturated carbocycles. The Labute approximate surface area is 198 Å². The van der Waals surface area contributed by atoms with Crippen molar-refractivity contribution in [3.05, 3.63) is 65.7 Å². The van der Waals surface area contributed by atoms with Gasteiger partial charge < -0.3 is 9.80 Å². The van der Waals surface area contributed by atoms with Crippen molar-refractivity contribution in [3.63, 3.8) is 0 Å². The number of hydrogen-bond donors (Lipinski definition) is 0. The van der Waals surface area contributed by atoms with Gasteiger partial charge in [0.2, 0.25) is 5.91 Å². The maximum atomic E-state index is 12.8. The van der Waals surface area contributed by atoms with Gasteiger partial charge in [-0.2, -0.15) is 0 Å². The van der Waals surface area contributed by atoms with Crippen molar-refractivity contribution in [2.45, 2.75) is 46.1 Å². The predicted molar refractivity (Wildman–Crippen MR) is 134 cm³/mol. The lowest BCUT2D eigenvalue weighted by molar-refractivity contribution is -0.118. The lowest BCUT2D eigenvalue weighted by Gasteiger charge is -2.37. The molecular formula is C28H35N3O2. The smallest absolute Gasteiger partial charge is 0.253 e. The molecule has 1 heterocycles. The molecule has 5 nitrogen and oxygen atoms in total. The monoisotopic (exact) mass is 445 g/mol. The van der Waals surface area contributed by atoms with Crippen LogP contribution in [0, 0.1) is 11.8 Å². The van der Waals surface area contributed by atoms with Crippen molar-refractivity contribution in [1.82, 2.24) is 9.80 Å². The first-order valence-corrected chi connectivity index (χ1v) is 12.0. The van der Waals surface area contributed by atoms with Crippen LogP contribution in [0.5, 0.6) is 0 Å². The highest BCUT2D eigenvalue weighted by Gasteiger charge is 2.23. The summed E-state index contributed by atoms with van der Waals surface area (Å²) in [5.41, 5.74) is 2.40. The number of benzene rings is 2. The van der Waals surface area contributed by atoms with E-state index in [2.05, 4.69) is 37.5 Å². The second kappa shape index (κ2) is 12.2. The molecule has 0 N–H and O–H groups in total. The fraction of sp³-hybridized carbons (Fsp3) is 0.429. The lowest BCUT2D eigenvalue weighted by Crippen LogP contribution is -2.50. The Kier molecular flexibility index (Phi) is 9.09. The van der Waals surface area contributed by atoms with E-state index in [1.165, 1.54) is 0 Å². The topological polar surface area (TPSA) is 43.9 Å². The Hall–Kier alpha value is -3.10. The molecular weight excluding hydrogens is 410 g/mol. The average molecular weight is 446 g/mol. The molecule has 0 aliphatic carbocycles. The fourth-order valence-corrected chi connectivity index (χ4v) is 3.94. The summed E-state index contributed by atoms with van der Waals surface area (Å²) < 4.78 is 0. The van der Waals surface area contributed by atoms with Gasteiger partial charge in [0.25, 0.3) is 5.91 Å². The molecule has 3 rings (SSSR count). The zero-order chi connectivity index (χ0) is 23.6. The molecule has 0 spiro atoms. The van der Waals surface area contributed by atoms with Crippen LogP contribution in [0.1, 0.15) is 56.0 Å². The largest absolute Gasteiger partial charge is 0.336 e. The number of hydrogen-bond acceptors (Lipinski definition) is 3. The van der Waals surface area contributed by atoms with E-state index in [1.54, 1.807) is 4.90 Å². The minimum absolute atomic E-state index is 0.0784. The zero-order valence-corrected chi connectivity index (χ0v) is 20.1. The Morgan fingerprint density at radius 1 is 0.970 bits per heavy atom. The molecule has 5 heteroatoms. The number of piperazine rings is 1. The first-order chi connectivity index (χ1) is 16.0. The van der Waals surface area contributed by atoms with Gasteiger partial charge in [-0.05, 0) is 56.7 Å². The minimum Gasteiger partial charge on any atom is -0.336 e. The first-order valence-electron chi connectivity index (χ1n) is 12.0. The van der Waals surface area contributed by atoms with Crippen LogP contribution >= 0.6 is 0 Å².